The number of carbonyl (C=O) groups excluding carboxylic acids is 4. The lowest BCUT2D eigenvalue weighted by Gasteiger charge is -2.08. The Morgan fingerprint density at radius 1 is 0.341 bits per heavy atom. The fourth-order valence-corrected chi connectivity index (χ4v) is 8.00. The number of benzene rings is 8. The zero-order valence-electron chi connectivity index (χ0n) is 45.8. The zero-order valence-corrected chi connectivity index (χ0v) is 45.8. The minimum Gasteiger partial charge on any atom is -0.507 e. The van der Waals surface area contributed by atoms with E-state index in [-0.39, 0.29) is 46.1 Å². The predicted molar refractivity (Wildman–Crippen MR) is 321 cm³/mol. The molecule has 0 fully saturated rings. The van der Waals surface area contributed by atoms with E-state index in [4.69, 9.17) is 15.3 Å². The van der Waals surface area contributed by atoms with Gasteiger partial charge in [0.1, 0.15) is 11.3 Å². The van der Waals surface area contributed by atoms with Crippen molar-refractivity contribution in [2.75, 3.05) is 21.3 Å². The molecule has 8 N–H and O–H groups in total. The molecule has 8 aromatic carbocycles. The number of carbonyl (C=O) groups is 7. The number of carboxylic acids is 3. The highest BCUT2D eigenvalue weighted by atomic mass is 16.4. The summed E-state index contributed by atoms with van der Waals surface area (Å²) in [6.07, 6.45) is 6.34. The van der Waals surface area contributed by atoms with Gasteiger partial charge in [-0.1, -0.05) is 139 Å². The van der Waals surface area contributed by atoms with Gasteiger partial charge in [0.05, 0.1) is 11.1 Å². The van der Waals surface area contributed by atoms with E-state index in [0.29, 0.717) is 54.7 Å². The topological polar surface area (TPSA) is 249 Å². The molecule has 0 saturated carbocycles. The monoisotopic (exact) mass is 1100 g/mol. The predicted octanol–water partition coefficient (Wildman–Crippen LogP) is 13.2. The van der Waals surface area contributed by atoms with Gasteiger partial charge in [0.25, 0.3) is 0 Å². The van der Waals surface area contributed by atoms with Crippen LogP contribution >= 0.6 is 0 Å². The van der Waals surface area contributed by atoms with E-state index in [0.717, 1.165) is 43.4 Å². The Morgan fingerprint density at radius 2 is 0.671 bits per heavy atom. The van der Waals surface area contributed by atoms with Gasteiger partial charge >= 0.3 is 17.9 Å². The van der Waals surface area contributed by atoms with Gasteiger partial charge in [-0.05, 0) is 147 Å². The van der Waals surface area contributed by atoms with Crippen LogP contribution in [0.15, 0.2) is 206 Å². The number of rotatable bonds is 21. The number of aryl methyl sites for hydroxylation is 6. The van der Waals surface area contributed by atoms with E-state index in [1.807, 2.05) is 153 Å². The quantitative estimate of drug-likeness (QED) is 0.0336. The molecule has 422 valence electrons. The van der Waals surface area contributed by atoms with Gasteiger partial charge in [0.15, 0.2) is 0 Å². The molecule has 0 aliphatic rings. The molecule has 0 bridgehead atoms. The molecular formula is C67H68N4O11. The van der Waals surface area contributed by atoms with Crippen LogP contribution in [0.3, 0.4) is 0 Å². The Balaban J connectivity index is 0.000000201. The lowest BCUT2D eigenvalue weighted by Crippen LogP contribution is -2.13. The van der Waals surface area contributed by atoms with Crippen molar-refractivity contribution in [3.05, 3.63) is 256 Å². The first-order valence-corrected chi connectivity index (χ1v) is 26.7. The molecule has 0 aliphatic carbocycles. The summed E-state index contributed by atoms with van der Waals surface area (Å²) in [5.74, 6) is -3.77. The van der Waals surface area contributed by atoms with Crippen LogP contribution in [0.1, 0.15) is 103 Å². The number of nitrogens with one attached hydrogen (secondary N) is 4. The van der Waals surface area contributed by atoms with Gasteiger partial charge in [0.2, 0.25) is 23.6 Å². The van der Waals surface area contributed by atoms with Crippen LogP contribution in [-0.2, 0) is 44.9 Å². The smallest absolute Gasteiger partial charge is 0.339 e. The summed E-state index contributed by atoms with van der Waals surface area (Å²) < 4.78 is 0. The Morgan fingerprint density at radius 3 is 1.04 bits per heavy atom. The maximum absolute atomic E-state index is 11.9. The molecule has 4 amide bonds. The van der Waals surface area contributed by atoms with Crippen molar-refractivity contribution in [3.63, 3.8) is 0 Å². The summed E-state index contributed by atoms with van der Waals surface area (Å²) in [6.45, 7) is 3.74. The average molecular weight is 1110 g/mol. The van der Waals surface area contributed by atoms with E-state index < -0.39 is 17.9 Å². The summed E-state index contributed by atoms with van der Waals surface area (Å²) in [5.41, 5.74) is 9.26. The lowest BCUT2D eigenvalue weighted by atomic mass is 10.1. The SMILES string of the molecule is Cc1cc(NC(=O)CCc2ccccc2)ccc1C(=O)O.Cc1ccc(NC(=O)CCc2ccccc2)cc1.O=C(CCCc1ccccc1)Nc1ccc(C(=O)O)c(O)c1.O=C(CCCc1ccccc1)Nc1ccc(C(=O)O)cc1. The molecular weight excluding hydrogens is 1040 g/mol. The standard InChI is InChI=1S/C17H17NO4.2C17H17NO3.C16H17NO/c19-15-11-13(9-10-14(15)17(21)22)18-16(20)8-4-7-12-5-2-1-3-6-12;1-12-11-14(8-9-15(12)17(20)21)18-16(19)10-7-13-5-3-2-4-6-13;19-16(8-4-7-13-5-2-1-3-6-13)18-15-11-9-14(10-12-15)17(20)21;1-13-7-10-15(11-8-13)17-16(18)12-9-14-5-3-2-4-6-14/h1-3,5-6,9-11,19H,4,7-8H2,(H,18,20)(H,21,22);2-6,8-9,11H,7,10H2,1H3,(H,18,19)(H,20,21);1-3,5-6,9-12H,4,7-8H2,(H,18,19)(H,20,21);2-8,10-11H,9,12H2,1H3,(H,17,18). The number of carboxylic acid groups (broad SMARTS) is 3. The highest BCUT2D eigenvalue weighted by Gasteiger charge is 2.13. The van der Waals surface area contributed by atoms with Crippen LogP contribution in [0, 0.1) is 13.8 Å². The fourth-order valence-electron chi connectivity index (χ4n) is 8.00. The maximum atomic E-state index is 11.9. The minimum atomic E-state index is -1.21. The van der Waals surface area contributed by atoms with Gasteiger partial charge in [-0.15, -0.1) is 0 Å². The zero-order chi connectivity index (χ0) is 59.1. The van der Waals surface area contributed by atoms with Gasteiger partial charge in [-0.25, -0.2) is 14.4 Å². The van der Waals surface area contributed by atoms with Crippen molar-refractivity contribution in [1.29, 1.82) is 0 Å². The van der Waals surface area contributed by atoms with Crippen molar-refractivity contribution in [2.45, 2.75) is 78.1 Å². The number of aromatic carboxylic acids is 3. The van der Waals surface area contributed by atoms with Gasteiger partial charge in [-0.3, -0.25) is 19.2 Å². The van der Waals surface area contributed by atoms with Crippen LogP contribution < -0.4 is 21.3 Å². The van der Waals surface area contributed by atoms with Crippen LogP contribution in [0.25, 0.3) is 0 Å². The fraction of sp³-hybridized carbons (Fsp3) is 0.179. The molecule has 0 aromatic heterocycles. The van der Waals surface area contributed by atoms with E-state index >= 15 is 0 Å². The highest BCUT2D eigenvalue weighted by molar-refractivity contribution is 5.96. The second-order valence-electron chi connectivity index (χ2n) is 19.0. The molecule has 0 spiro atoms. The summed E-state index contributed by atoms with van der Waals surface area (Å²) in [7, 11) is 0. The molecule has 0 aliphatic heterocycles. The normalized spacial score (nSPS) is 10.1. The van der Waals surface area contributed by atoms with Crippen molar-refractivity contribution in [3.8, 4) is 5.75 Å². The first kappa shape index (κ1) is 62.7. The van der Waals surface area contributed by atoms with Crippen molar-refractivity contribution >= 4 is 64.3 Å². The molecule has 8 rings (SSSR count). The molecule has 0 unspecified atom stereocenters. The molecule has 0 radical (unpaired) electrons. The second-order valence-corrected chi connectivity index (χ2v) is 19.0. The third kappa shape index (κ3) is 23.8. The van der Waals surface area contributed by atoms with Crippen LogP contribution in [-0.4, -0.2) is 62.0 Å². The van der Waals surface area contributed by atoms with Gasteiger partial charge < -0.3 is 41.7 Å². The number of hydrogen-bond acceptors (Lipinski definition) is 8. The van der Waals surface area contributed by atoms with Crippen LogP contribution in [0.4, 0.5) is 22.7 Å². The van der Waals surface area contributed by atoms with Crippen molar-refractivity contribution < 1.29 is 54.0 Å². The summed E-state index contributed by atoms with van der Waals surface area (Å²) >= 11 is 0. The Kier molecular flexibility index (Phi) is 26.0. The summed E-state index contributed by atoms with van der Waals surface area (Å²) in [6, 6.07) is 62.5. The minimum absolute atomic E-state index is 0.0581. The van der Waals surface area contributed by atoms with Crippen molar-refractivity contribution in [1.82, 2.24) is 0 Å². The largest absolute Gasteiger partial charge is 0.507 e. The van der Waals surface area contributed by atoms with Gasteiger partial charge in [-0.2, -0.15) is 0 Å². The van der Waals surface area contributed by atoms with Gasteiger partial charge in [0, 0.05) is 54.5 Å². The summed E-state index contributed by atoms with van der Waals surface area (Å²) in [4.78, 5) is 79.7. The molecule has 15 nitrogen and oxygen atoms in total. The average Bonchev–Trinajstić information content (AvgIpc) is 3.47. The number of amides is 4. The molecule has 0 heterocycles. The Bertz CT molecular complexity index is 3320. The summed E-state index contributed by atoms with van der Waals surface area (Å²) in [5, 5.41) is 47.2. The number of hydrogen-bond donors (Lipinski definition) is 8. The molecule has 0 saturated heterocycles. The first-order chi connectivity index (χ1) is 39.5. The maximum Gasteiger partial charge on any atom is 0.339 e. The highest BCUT2D eigenvalue weighted by Crippen LogP contribution is 2.23. The third-order valence-electron chi connectivity index (χ3n) is 12.4. The number of anilines is 4. The van der Waals surface area contributed by atoms with Crippen LogP contribution in [0.5, 0.6) is 5.75 Å². The number of aromatic hydroxyl groups is 1. The van der Waals surface area contributed by atoms with E-state index in [1.165, 1.54) is 58.7 Å². The second kappa shape index (κ2) is 34.0. The van der Waals surface area contributed by atoms with E-state index in [2.05, 4.69) is 21.3 Å². The molecule has 8 aromatic rings. The third-order valence-corrected chi connectivity index (χ3v) is 12.4. The number of phenols is 1. The lowest BCUT2D eigenvalue weighted by molar-refractivity contribution is -0.117. The molecule has 15 heteroatoms. The van der Waals surface area contributed by atoms with Crippen LogP contribution in [0.2, 0.25) is 0 Å². The first-order valence-electron chi connectivity index (χ1n) is 26.7. The Labute approximate surface area is 477 Å². The van der Waals surface area contributed by atoms with E-state index in [9.17, 15) is 38.7 Å². The van der Waals surface area contributed by atoms with E-state index in [1.54, 1.807) is 31.2 Å². The molecule has 0 atom stereocenters. The van der Waals surface area contributed by atoms with Crippen molar-refractivity contribution in [2.24, 2.45) is 0 Å². The Hall–Kier alpha value is -10.2. The molecule has 82 heavy (non-hydrogen) atoms.